The van der Waals surface area contributed by atoms with Crippen molar-refractivity contribution >= 4 is 21.7 Å². The van der Waals surface area contributed by atoms with Gasteiger partial charge in [-0.3, -0.25) is 4.79 Å². The van der Waals surface area contributed by atoms with Crippen molar-refractivity contribution in [1.82, 2.24) is 5.32 Å². The quantitative estimate of drug-likeness (QED) is 0.678. The predicted octanol–water partition coefficient (Wildman–Crippen LogP) is -0.0433. The lowest BCUT2D eigenvalue weighted by Gasteiger charge is -2.13. The van der Waals surface area contributed by atoms with E-state index in [-0.39, 0.29) is 16.9 Å². The van der Waals surface area contributed by atoms with Crippen LogP contribution in [-0.2, 0) is 19.4 Å². The molecule has 0 radical (unpaired) electrons. The first-order valence-corrected chi connectivity index (χ1v) is 7.00. The van der Waals surface area contributed by atoms with Crippen LogP contribution in [0.15, 0.2) is 11.1 Å². The van der Waals surface area contributed by atoms with E-state index in [2.05, 4.69) is 5.32 Å². The molecule has 0 rings (SSSR count). The molecule has 0 aliphatic rings. The minimum atomic E-state index is -3.18. The molecule has 0 aromatic heterocycles. The standard InChI is InChI=1S/C10H17NO5S/c1-6(5-17(4,15)16)11-9(12)7(2)8(3)10(13)14/h6H,5H2,1-4H3,(H,11,12)(H,13,14). The van der Waals surface area contributed by atoms with Crippen LogP contribution < -0.4 is 5.32 Å². The van der Waals surface area contributed by atoms with E-state index in [1.165, 1.54) is 13.8 Å². The summed E-state index contributed by atoms with van der Waals surface area (Å²) >= 11 is 0. The normalized spacial score (nSPS) is 14.8. The van der Waals surface area contributed by atoms with E-state index in [0.29, 0.717) is 0 Å². The summed E-state index contributed by atoms with van der Waals surface area (Å²) in [7, 11) is -3.18. The fourth-order valence-electron chi connectivity index (χ4n) is 1.16. The van der Waals surface area contributed by atoms with Crippen LogP contribution in [0.2, 0.25) is 0 Å². The van der Waals surface area contributed by atoms with Crippen LogP contribution in [0.1, 0.15) is 20.8 Å². The van der Waals surface area contributed by atoms with Crippen LogP contribution in [0.25, 0.3) is 0 Å². The molecule has 0 spiro atoms. The monoisotopic (exact) mass is 263 g/mol. The molecule has 0 aromatic carbocycles. The summed E-state index contributed by atoms with van der Waals surface area (Å²) in [6.07, 6.45) is 1.07. The van der Waals surface area contributed by atoms with Gasteiger partial charge in [-0.25, -0.2) is 13.2 Å². The molecule has 6 nitrogen and oxygen atoms in total. The van der Waals surface area contributed by atoms with Gasteiger partial charge in [0, 0.05) is 23.4 Å². The number of sulfone groups is 1. The molecule has 0 aliphatic heterocycles. The predicted molar refractivity (Wildman–Crippen MR) is 63.3 cm³/mol. The Morgan fingerprint density at radius 2 is 1.71 bits per heavy atom. The number of aliphatic carboxylic acids is 1. The van der Waals surface area contributed by atoms with Crippen molar-refractivity contribution in [1.29, 1.82) is 0 Å². The summed E-state index contributed by atoms with van der Waals surface area (Å²) in [6.45, 7) is 4.24. The van der Waals surface area contributed by atoms with Gasteiger partial charge in [-0.15, -0.1) is 0 Å². The molecule has 1 amide bonds. The zero-order valence-electron chi connectivity index (χ0n) is 10.3. The second kappa shape index (κ2) is 5.81. The van der Waals surface area contributed by atoms with Crippen molar-refractivity contribution in [3.05, 3.63) is 11.1 Å². The van der Waals surface area contributed by atoms with E-state index in [9.17, 15) is 18.0 Å². The fourth-order valence-corrected chi connectivity index (χ4v) is 2.15. The number of amides is 1. The largest absolute Gasteiger partial charge is 0.478 e. The third-order valence-electron chi connectivity index (χ3n) is 2.15. The van der Waals surface area contributed by atoms with Gasteiger partial charge in [0.15, 0.2) is 0 Å². The minimum Gasteiger partial charge on any atom is -0.478 e. The van der Waals surface area contributed by atoms with Gasteiger partial charge in [0.1, 0.15) is 9.84 Å². The Kier molecular flexibility index (Phi) is 5.34. The van der Waals surface area contributed by atoms with Crippen molar-refractivity contribution in [3.63, 3.8) is 0 Å². The van der Waals surface area contributed by atoms with E-state index < -0.39 is 27.8 Å². The van der Waals surface area contributed by atoms with Gasteiger partial charge in [-0.1, -0.05) is 0 Å². The molecule has 7 heteroatoms. The van der Waals surface area contributed by atoms with Crippen molar-refractivity contribution in [2.75, 3.05) is 12.0 Å². The van der Waals surface area contributed by atoms with Gasteiger partial charge >= 0.3 is 5.97 Å². The van der Waals surface area contributed by atoms with Gasteiger partial charge in [-0.05, 0) is 20.8 Å². The average molecular weight is 263 g/mol. The Bertz CT molecular complexity index is 449. The summed E-state index contributed by atoms with van der Waals surface area (Å²) in [6, 6.07) is -0.561. The third kappa shape index (κ3) is 6.06. The molecule has 0 aromatic rings. The number of hydrogen-bond acceptors (Lipinski definition) is 4. The Labute approximate surface area is 101 Å². The fraction of sp³-hybridized carbons (Fsp3) is 0.600. The van der Waals surface area contributed by atoms with E-state index in [4.69, 9.17) is 5.11 Å². The average Bonchev–Trinajstić information content (AvgIpc) is 2.11. The van der Waals surface area contributed by atoms with E-state index in [1.54, 1.807) is 6.92 Å². The Hall–Kier alpha value is -1.37. The molecular weight excluding hydrogens is 246 g/mol. The number of rotatable bonds is 5. The molecular formula is C10H17NO5S. The molecule has 1 atom stereocenters. The second-order valence-corrected chi connectivity index (χ2v) is 6.21. The minimum absolute atomic E-state index is 0.0611. The van der Waals surface area contributed by atoms with E-state index >= 15 is 0 Å². The number of nitrogens with one attached hydrogen (secondary N) is 1. The lowest BCUT2D eigenvalue weighted by atomic mass is 10.1. The van der Waals surface area contributed by atoms with Crippen molar-refractivity contribution < 1.29 is 23.1 Å². The third-order valence-corrected chi connectivity index (χ3v) is 3.26. The zero-order chi connectivity index (χ0) is 13.8. The maximum absolute atomic E-state index is 11.6. The topological polar surface area (TPSA) is 101 Å². The van der Waals surface area contributed by atoms with Gasteiger partial charge in [0.05, 0.1) is 5.75 Å². The molecule has 0 bridgehead atoms. The van der Waals surface area contributed by atoms with Gasteiger partial charge in [0.25, 0.3) is 0 Å². The van der Waals surface area contributed by atoms with Crippen LogP contribution in [0.3, 0.4) is 0 Å². The molecule has 0 saturated heterocycles. The zero-order valence-corrected chi connectivity index (χ0v) is 11.1. The SMILES string of the molecule is CC(C(=O)O)=C(C)C(=O)NC(C)CS(C)(=O)=O. The number of carbonyl (C=O) groups is 2. The molecule has 17 heavy (non-hydrogen) atoms. The summed E-state index contributed by atoms with van der Waals surface area (Å²) in [5.74, 6) is -1.92. The van der Waals surface area contributed by atoms with Crippen molar-refractivity contribution in [2.24, 2.45) is 0 Å². The highest BCUT2D eigenvalue weighted by molar-refractivity contribution is 7.90. The first-order chi connectivity index (χ1) is 7.54. The molecule has 0 fully saturated rings. The Morgan fingerprint density at radius 1 is 1.24 bits per heavy atom. The van der Waals surface area contributed by atoms with Crippen LogP contribution in [0.5, 0.6) is 0 Å². The first-order valence-electron chi connectivity index (χ1n) is 4.94. The number of carboxylic acid groups (broad SMARTS) is 1. The first kappa shape index (κ1) is 15.6. The molecule has 0 aliphatic carbocycles. The van der Waals surface area contributed by atoms with Crippen LogP contribution >= 0.6 is 0 Å². The van der Waals surface area contributed by atoms with Gasteiger partial charge in [0.2, 0.25) is 5.91 Å². The van der Waals surface area contributed by atoms with E-state index in [1.807, 2.05) is 0 Å². The van der Waals surface area contributed by atoms with Crippen molar-refractivity contribution in [3.8, 4) is 0 Å². The molecule has 0 saturated carbocycles. The van der Waals surface area contributed by atoms with Crippen molar-refractivity contribution in [2.45, 2.75) is 26.8 Å². The maximum atomic E-state index is 11.6. The highest BCUT2D eigenvalue weighted by Gasteiger charge is 2.17. The van der Waals surface area contributed by atoms with Gasteiger partial charge < -0.3 is 10.4 Å². The summed E-state index contributed by atoms with van der Waals surface area (Å²) in [5.41, 5.74) is 0.00640. The lowest BCUT2D eigenvalue weighted by molar-refractivity contribution is -0.133. The highest BCUT2D eigenvalue weighted by atomic mass is 32.2. The molecule has 98 valence electrons. The lowest BCUT2D eigenvalue weighted by Crippen LogP contribution is -2.38. The Balaban J connectivity index is 4.67. The smallest absolute Gasteiger partial charge is 0.331 e. The van der Waals surface area contributed by atoms with Crippen LogP contribution in [-0.4, -0.2) is 43.5 Å². The maximum Gasteiger partial charge on any atom is 0.331 e. The summed E-state index contributed by atoms with van der Waals surface area (Å²) < 4.78 is 22.0. The van der Waals surface area contributed by atoms with Crippen LogP contribution in [0.4, 0.5) is 0 Å². The second-order valence-electron chi connectivity index (χ2n) is 4.02. The summed E-state index contributed by atoms with van der Waals surface area (Å²) in [4.78, 5) is 22.2. The van der Waals surface area contributed by atoms with Gasteiger partial charge in [-0.2, -0.15) is 0 Å². The highest BCUT2D eigenvalue weighted by Crippen LogP contribution is 2.04. The number of hydrogen-bond donors (Lipinski definition) is 2. The van der Waals surface area contributed by atoms with Crippen LogP contribution in [0, 0.1) is 0 Å². The van der Waals surface area contributed by atoms with E-state index in [0.717, 1.165) is 6.26 Å². The molecule has 2 N–H and O–H groups in total. The Morgan fingerprint density at radius 3 is 2.06 bits per heavy atom. The summed E-state index contributed by atoms with van der Waals surface area (Å²) in [5, 5.41) is 11.1. The molecule has 0 heterocycles. The number of carboxylic acids is 1. The molecule has 1 unspecified atom stereocenters. The number of carbonyl (C=O) groups excluding carboxylic acids is 1.